The summed E-state index contributed by atoms with van der Waals surface area (Å²) < 4.78 is 4.76. The Morgan fingerprint density at radius 3 is 2.69 bits per heavy atom. The van der Waals surface area contributed by atoms with Crippen molar-refractivity contribution >= 4 is 51.7 Å². The molecule has 1 amide bonds. The Balaban J connectivity index is 1.71. The maximum absolute atomic E-state index is 12.8. The van der Waals surface area contributed by atoms with Crippen molar-refractivity contribution < 1.29 is 14.3 Å². The number of thiazole rings is 1. The van der Waals surface area contributed by atoms with Gasteiger partial charge in [0.15, 0.2) is 5.13 Å². The summed E-state index contributed by atoms with van der Waals surface area (Å²) in [6.07, 6.45) is 2.39. The minimum absolute atomic E-state index is 0.274. The van der Waals surface area contributed by atoms with E-state index in [1.807, 2.05) is 36.4 Å². The van der Waals surface area contributed by atoms with Crippen LogP contribution in [0.15, 0.2) is 59.6 Å². The molecule has 1 atom stereocenters. The van der Waals surface area contributed by atoms with Crippen LogP contribution < -0.4 is 5.32 Å². The fraction of sp³-hybridized carbons (Fsp3) is 0.190. The lowest BCUT2D eigenvalue weighted by Gasteiger charge is -2.12. The molecule has 2 aromatic carbocycles. The summed E-state index contributed by atoms with van der Waals surface area (Å²) in [5.74, 6) is -0.613. The van der Waals surface area contributed by atoms with Gasteiger partial charge in [0, 0.05) is 27.4 Å². The van der Waals surface area contributed by atoms with Gasteiger partial charge in [0.1, 0.15) is 5.25 Å². The monoisotopic (exact) mass is 446 g/mol. The summed E-state index contributed by atoms with van der Waals surface area (Å²) in [4.78, 5) is 30.5. The third kappa shape index (κ3) is 5.59. The second-order valence-electron chi connectivity index (χ2n) is 6.13. The second-order valence-corrected chi connectivity index (χ2v) is 9.04. The number of methoxy groups -OCH3 is 1. The number of nitrogens with zero attached hydrogens (tertiary/aromatic N) is 1. The van der Waals surface area contributed by atoms with Gasteiger partial charge in [-0.2, -0.15) is 0 Å². The SMILES string of the molecule is COC(=O)C(C)Sc1ccccc1C(=O)Nc1ncc(Cc2ccccc2Cl)s1. The van der Waals surface area contributed by atoms with Gasteiger partial charge in [0.05, 0.1) is 12.7 Å². The number of anilines is 1. The smallest absolute Gasteiger partial charge is 0.318 e. The molecule has 0 aliphatic heterocycles. The van der Waals surface area contributed by atoms with E-state index in [0.29, 0.717) is 27.0 Å². The molecule has 0 saturated carbocycles. The molecule has 29 heavy (non-hydrogen) atoms. The van der Waals surface area contributed by atoms with Crippen LogP contribution in [0.4, 0.5) is 5.13 Å². The number of benzene rings is 2. The second kappa shape index (κ2) is 9.91. The highest BCUT2D eigenvalue weighted by atomic mass is 35.5. The third-order valence-electron chi connectivity index (χ3n) is 4.07. The highest BCUT2D eigenvalue weighted by Crippen LogP contribution is 2.29. The maximum atomic E-state index is 12.8. The van der Waals surface area contributed by atoms with E-state index in [9.17, 15) is 9.59 Å². The molecule has 1 unspecified atom stereocenters. The van der Waals surface area contributed by atoms with E-state index >= 15 is 0 Å². The van der Waals surface area contributed by atoms with Crippen LogP contribution in [-0.2, 0) is 16.0 Å². The molecule has 5 nitrogen and oxygen atoms in total. The van der Waals surface area contributed by atoms with E-state index in [1.54, 1.807) is 25.3 Å². The Kier molecular flexibility index (Phi) is 7.30. The molecule has 0 aliphatic rings. The van der Waals surface area contributed by atoms with Crippen molar-refractivity contribution in [1.29, 1.82) is 0 Å². The molecular formula is C21H19ClN2O3S2. The Hall–Kier alpha value is -2.35. The number of carbonyl (C=O) groups excluding carboxylic acids is 2. The van der Waals surface area contributed by atoms with Crippen molar-refractivity contribution in [3.05, 3.63) is 75.8 Å². The molecule has 1 N–H and O–H groups in total. The van der Waals surface area contributed by atoms with Crippen LogP contribution >= 0.6 is 34.7 Å². The fourth-order valence-electron chi connectivity index (χ4n) is 2.60. The molecule has 0 fully saturated rings. The van der Waals surface area contributed by atoms with E-state index in [0.717, 1.165) is 10.4 Å². The highest BCUT2D eigenvalue weighted by molar-refractivity contribution is 8.00. The minimum Gasteiger partial charge on any atom is -0.468 e. The molecule has 0 saturated heterocycles. The molecule has 0 spiro atoms. The number of halogens is 1. The zero-order chi connectivity index (χ0) is 20.8. The van der Waals surface area contributed by atoms with Gasteiger partial charge in [-0.25, -0.2) is 4.98 Å². The summed E-state index contributed by atoms with van der Waals surface area (Å²) in [6, 6.07) is 14.8. The van der Waals surface area contributed by atoms with Gasteiger partial charge in [-0.05, 0) is 30.7 Å². The highest BCUT2D eigenvalue weighted by Gasteiger charge is 2.19. The molecule has 150 valence electrons. The summed E-state index contributed by atoms with van der Waals surface area (Å²) in [5, 5.41) is 3.64. The van der Waals surface area contributed by atoms with E-state index in [2.05, 4.69) is 10.3 Å². The van der Waals surface area contributed by atoms with Gasteiger partial charge in [0.25, 0.3) is 5.91 Å². The van der Waals surface area contributed by atoms with E-state index in [4.69, 9.17) is 16.3 Å². The number of carbonyl (C=O) groups is 2. The van der Waals surface area contributed by atoms with Crippen LogP contribution in [0.3, 0.4) is 0 Å². The quantitative estimate of drug-likeness (QED) is 0.394. The lowest BCUT2D eigenvalue weighted by atomic mass is 10.1. The lowest BCUT2D eigenvalue weighted by Crippen LogP contribution is -2.17. The zero-order valence-corrected chi connectivity index (χ0v) is 18.2. The van der Waals surface area contributed by atoms with Crippen molar-refractivity contribution in [1.82, 2.24) is 4.98 Å². The third-order valence-corrected chi connectivity index (χ3v) is 6.50. The van der Waals surface area contributed by atoms with Crippen LogP contribution in [0.25, 0.3) is 0 Å². The summed E-state index contributed by atoms with van der Waals surface area (Å²) in [6.45, 7) is 1.74. The number of aromatic nitrogens is 1. The Labute approximate surface area is 182 Å². The summed E-state index contributed by atoms with van der Waals surface area (Å²) in [5.41, 5.74) is 1.49. The van der Waals surface area contributed by atoms with Gasteiger partial charge in [-0.3, -0.25) is 14.9 Å². The maximum Gasteiger partial charge on any atom is 0.318 e. The summed E-state index contributed by atoms with van der Waals surface area (Å²) in [7, 11) is 1.35. The van der Waals surface area contributed by atoms with Crippen molar-refractivity contribution in [3.63, 3.8) is 0 Å². The van der Waals surface area contributed by atoms with Gasteiger partial charge in [-0.15, -0.1) is 23.1 Å². The first-order chi connectivity index (χ1) is 14.0. The number of esters is 1. The van der Waals surface area contributed by atoms with E-state index in [-0.39, 0.29) is 11.9 Å². The van der Waals surface area contributed by atoms with Crippen molar-refractivity contribution in [2.24, 2.45) is 0 Å². The predicted molar refractivity (Wildman–Crippen MR) is 118 cm³/mol. The first kappa shape index (κ1) is 21.4. The Bertz CT molecular complexity index is 1020. The van der Waals surface area contributed by atoms with Crippen molar-refractivity contribution in [2.75, 3.05) is 12.4 Å². The molecule has 1 aromatic heterocycles. The molecule has 3 aromatic rings. The topological polar surface area (TPSA) is 68.3 Å². The van der Waals surface area contributed by atoms with Crippen molar-refractivity contribution in [2.45, 2.75) is 23.5 Å². The molecule has 3 rings (SSSR count). The molecular weight excluding hydrogens is 428 g/mol. The first-order valence-corrected chi connectivity index (χ1v) is 10.9. The van der Waals surface area contributed by atoms with Crippen LogP contribution in [0.2, 0.25) is 5.02 Å². The van der Waals surface area contributed by atoms with E-state index in [1.165, 1.54) is 30.2 Å². The predicted octanol–water partition coefficient (Wildman–Crippen LogP) is 5.29. The van der Waals surface area contributed by atoms with Crippen LogP contribution in [0, 0.1) is 0 Å². The van der Waals surface area contributed by atoms with Crippen LogP contribution in [0.5, 0.6) is 0 Å². The number of hydrogen-bond acceptors (Lipinski definition) is 6. The standard InChI is InChI=1S/C21H19ClN2O3S2/c1-13(20(26)27-2)28-18-10-6-4-8-16(18)19(25)24-21-23-12-15(29-21)11-14-7-3-5-9-17(14)22/h3-10,12-13H,11H2,1-2H3,(H,23,24,25). The van der Waals surface area contributed by atoms with Gasteiger partial charge in [-0.1, -0.05) is 41.9 Å². The Morgan fingerprint density at radius 2 is 1.93 bits per heavy atom. The fourth-order valence-corrected chi connectivity index (χ4v) is 4.65. The largest absolute Gasteiger partial charge is 0.468 e. The number of thioether (sulfide) groups is 1. The number of nitrogens with one attached hydrogen (secondary N) is 1. The van der Waals surface area contributed by atoms with Gasteiger partial charge < -0.3 is 4.74 Å². The molecule has 0 aliphatic carbocycles. The molecule has 8 heteroatoms. The molecule has 0 bridgehead atoms. The molecule has 0 radical (unpaired) electrons. The van der Waals surface area contributed by atoms with Crippen LogP contribution in [0.1, 0.15) is 27.7 Å². The molecule has 1 heterocycles. The van der Waals surface area contributed by atoms with Crippen LogP contribution in [-0.4, -0.2) is 29.2 Å². The van der Waals surface area contributed by atoms with Gasteiger partial charge in [0.2, 0.25) is 0 Å². The van der Waals surface area contributed by atoms with E-state index < -0.39 is 5.25 Å². The first-order valence-electron chi connectivity index (χ1n) is 8.81. The number of amides is 1. The summed E-state index contributed by atoms with van der Waals surface area (Å²) >= 11 is 8.90. The zero-order valence-electron chi connectivity index (χ0n) is 15.8. The average Bonchev–Trinajstić information content (AvgIpc) is 3.16. The van der Waals surface area contributed by atoms with Gasteiger partial charge >= 0.3 is 5.97 Å². The van der Waals surface area contributed by atoms with Crippen molar-refractivity contribution in [3.8, 4) is 0 Å². The number of ether oxygens (including phenoxy) is 1. The average molecular weight is 447 g/mol. The number of rotatable bonds is 7. The Morgan fingerprint density at radius 1 is 1.21 bits per heavy atom. The normalized spacial score (nSPS) is 11.7. The minimum atomic E-state index is -0.420. The number of hydrogen-bond donors (Lipinski definition) is 1. The lowest BCUT2D eigenvalue weighted by molar-refractivity contribution is -0.139.